The van der Waals surface area contributed by atoms with E-state index < -0.39 is 6.10 Å². The van der Waals surface area contributed by atoms with Crippen LogP contribution in [0.25, 0.3) is 0 Å². The van der Waals surface area contributed by atoms with Gasteiger partial charge in [0.2, 0.25) is 0 Å². The number of carbonyl (C=O) groups is 2. The van der Waals surface area contributed by atoms with Gasteiger partial charge in [0, 0.05) is 28.8 Å². The molecule has 0 bridgehead atoms. The Kier molecular flexibility index (Phi) is 7.31. The molecule has 0 spiro atoms. The van der Waals surface area contributed by atoms with Gasteiger partial charge in [-0.05, 0) is 68.3 Å². The minimum absolute atomic E-state index is 0.0294. The summed E-state index contributed by atoms with van der Waals surface area (Å²) < 4.78 is 6.62. The molecule has 0 radical (unpaired) electrons. The maximum Gasteiger partial charge on any atom is 0.265 e. The van der Waals surface area contributed by atoms with Crippen molar-refractivity contribution in [2.24, 2.45) is 0 Å². The first kappa shape index (κ1) is 21.4. The number of nitrogens with one attached hydrogen (secondary N) is 1. The average Bonchev–Trinajstić information content (AvgIpc) is 2.75. The van der Waals surface area contributed by atoms with Gasteiger partial charge in [-0.3, -0.25) is 9.59 Å². The molecule has 2 amide bonds. The fourth-order valence-electron chi connectivity index (χ4n) is 3.55. The lowest BCUT2D eigenvalue weighted by molar-refractivity contribution is -0.122. The third kappa shape index (κ3) is 5.82. The second kappa shape index (κ2) is 9.92. The lowest BCUT2D eigenvalue weighted by atomic mass is 9.94. The van der Waals surface area contributed by atoms with Crippen LogP contribution in [0.3, 0.4) is 0 Å². The van der Waals surface area contributed by atoms with Gasteiger partial charge in [-0.2, -0.15) is 0 Å². The zero-order valence-corrected chi connectivity index (χ0v) is 18.4. The number of amides is 2. The van der Waals surface area contributed by atoms with Crippen LogP contribution in [-0.4, -0.2) is 35.9 Å². The van der Waals surface area contributed by atoms with Gasteiger partial charge in [0.05, 0.1) is 0 Å². The zero-order valence-electron chi connectivity index (χ0n) is 16.9. The molecule has 3 rings (SSSR count). The van der Waals surface area contributed by atoms with Gasteiger partial charge in [-0.15, -0.1) is 0 Å². The quantitative estimate of drug-likeness (QED) is 0.641. The first-order valence-electron chi connectivity index (χ1n) is 10.0. The number of anilines is 1. The van der Waals surface area contributed by atoms with Crippen LogP contribution in [0.5, 0.6) is 5.75 Å². The van der Waals surface area contributed by atoms with Gasteiger partial charge in [0.15, 0.2) is 6.10 Å². The number of benzene rings is 2. The van der Waals surface area contributed by atoms with Crippen molar-refractivity contribution in [3.8, 4) is 5.75 Å². The van der Waals surface area contributed by atoms with E-state index in [1.807, 2.05) is 24.1 Å². The molecule has 2 aromatic rings. The molecule has 1 aliphatic carbocycles. The molecule has 1 unspecified atom stereocenters. The smallest absolute Gasteiger partial charge is 0.265 e. The summed E-state index contributed by atoms with van der Waals surface area (Å²) >= 11 is 3.37. The molecular formula is C23H27BrN2O3. The fraction of sp³-hybridized carbons (Fsp3) is 0.391. The molecule has 29 heavy (non-hydrogen) atoms. The Morgan fingerprint density at radius 3 is 2.28 bits per heavy atom. The van der Waals surface area contributed by atoms with Crippen molar-refractivity contribution in [3.05, 3.63) is 58.6 Å². The second-order valence-electron chi connectivity index (χ2n) is 7.49. The Labute approximate surface area is 180 Å². The molecule has 2 aromatic carbocycles. The number of halogens is 1. The van der Waals surface area contributed by atoms with Gasteiger partial charge in [-0.1, -0.05) is 35.2 Å². The Hall–Kier alpha value is -2.34. The van der Waals surface area contributed by atoms with Gasteiger partial charge in [-0.25, -0.2) is 0 Å². The van der Waals surface area contributed by atoms with Crippen LogP contribution >= 0.6 is 15.9 Å². The van der Waals surface area contributed by atoms with E-state index in [9.17, 15) is 9.59 Å². The molecule has 0 aromatic heterocycles. The van der Waals surface area contributed by atoms with Crippen molar-refractivity contribution in [2.75, 3.05) is 12.4 Å². The lowest BCUT2D eigenvalue weighted by Gasteiger charge is -2.31. The van der Waals surface area contributed by atoms with Crippen LogP contribution < -0.4 is 10.1 Å². The monoisotopic (exact) mass is 458 g/mol. The number of hydrogen-bond acceptors (Lipinski definition) is 3. The predicted octanol–water partition coefficient (Wildman–Crippen LogP) is 5.26. The number of ether oxygens (including phenoxy) is 1. The summed E-state index contributed by atoms with van der Waals surface area (Å²) in [6, 6.07) is 14.7. The highest BCUT2D eigenvalue weighted by Crippen LogP contribution is 2.23. The summed E-state index contributed by atoms with van der Waals surface area (Å²) in [5.41, 5.74) is 1.27. The largest absolute Gasteiger partial charge is 0.481 e. The van der Waals surface area contributed by atoms with E-state index in [0.717, 1.165) is 17.3 Å². The molecule has 6 heteroatoms. The molecule has 1 fully saturated rings. The van der Waals surface area contributed by atoms with E-state index in [1.54, 1.807) is 43.3 Å². The molecule has 154 valence electrons. The van der Waals surface area contributed by atoms with E-state index in [-0.39, 0.29) is 11.8 Å². The molecular weight excluding hydrogens is 432 g/mol. The highest BCUT2D eigenvalue weighted by molar-refractivity contribution is 9.10. The molecule has 0 heterocycles. The van der Waals surface area contributed by atoms with Gasteiger partial charge >= 0.3 is 0 Å². The second-order valence-corrected chi connectivity index (χ2v) is 8.40. The van der Waals surface area contributed by atoms with Crippen molar-refractivity contribution in [2.45, 2.75) is 51.2 Å². The third-order valence-electron chi connectivity index (χ3n) is 5.34. The fourth-order valence-corrected chi connectivity index (χ4v) is 3.81. The molecule has 1 saturated carbocycles. The minimum Gasteiger partial charge on any atom is -0.481 e. The molecule has 1 N–H and O–H groups in total. The Morgan fingerprint density at radius 1 is 1.03 bits per heavy atom. The van der Waals surface area contributed by atoms with Crippen LogP contribution in [0, 0.1) is 0 Å². The predicted molar refractivity (Wildman–Crippen MR) is 118 cm³/mol. The Bertz CT molecular complexity index is 830. The van der Waals surface area contributed by atoms with Crippen LogP contribution in [0.15, 0.2) is 53.0 Å². The van der Waals surface area contributed by atoms with Crippen molar-refractivity contribution < 1.29 is 14.3 Å². The van der Waals surface area contributed by atoms with E-state index in [0.29, 0.717) is 23.0 Å². The van der Waals surface area contributed by atoms with Crippen LogP contribution in [0.4, 0.5) is 5.69 Å². The molecule has 1 atom stereocenters. The first-order chi connectivity index (χ1) is 13.9. The first-order valence-corrected chi connectivity index (χ1v) is 10.8. The summed E-state index contributed by atoms with van der Waals surface area (Å²) in [7, 11) is 1.88. The van der Waals surface area contributed by atoms with Crippen LogP contribution in [-0.2, 0) is 4.79 Å². The lowest BCUT2D eigenvalue weighted by Crippen LogP contribution is -2.38. The number of carbonyl (C=O) groups excluding carboxylic acids is 2. The standard InChI is InChI=1S/C23H27BrN2O3/c1-16(29-21-14-10-18(24)11-15-21)22(27)25-19-12-8-17(9-13-19)23(28)26(2)20-6-4-3-5-7-20/h8-16,20H,3-7H2,1-2H3,(H,25,27). The average molecular weight is 459 g/mol. The summed E-state index contributed by atoms with van der Waals surface area (Å²) in [4.78, 5) is 27.0. The number of rotatable bonds is 6. The van der Waals surface area contributed by atoms with Gasteiger partial charge in [0.1, 0.15) is 5.75 Å². The topological polar surface area (TPSA) is 58.6 Å². The van der Waals surface area contributed by atoms with Gasteiger partial charge in [0.25, 0.3) is 11.8 Å². The normalized spacial score (nSPS) is 15.4. The maximum atomic E-state index is 12.7. The van der Waals surface area contributed by atoms with Gasteiger partial charge < -0.3 is 15.0 Å². The van der Waals surface area contributed by atoms with E-state index in [2.05, 4.69) is 21.2 Å². The molecule has 0 aliphatic heterocycles. The summed E-state index contributed by atoms with van der Waals surface area (Å²) in [5, 5.41) is 2.83. The molecule has 5 nitrogen and oxygen atoms in total. The molecule has 0 saturated heterocycles. The summed E-state index contributed by atoms with van der Waals surface area (Å²) in [5.74, 6) is 0.413. The Balaban J connectivity index is 1.55. The van der Waals surface area contributed by atoms with Crippen molar-refractivity contribution in [1.29, 1.82) is 0 Å². The zero-order chi connectivity index (χ0) is 20.8. The van der Waals surface area contributed by atoms with Crippen LogP contribution in [0.2, 0.25) is 0 Å². The van der Waals surface area contributed by atoms with Crippen molar-refractivity contribution in [3.63, 3.8) is 0 Å². The summed E-state index contributed by atoms with van der Waals surface area (Å²) in [6.45, 7) is 1.70. The van der Waals surface area contributed by atoms with Crippen molar-refractivity contribution in [1.82, 2.24) is 4.90 Å². The highest BCUT2D eigenvalue weighted by Gasteiger charge is 2.23. The van der Waals surface area contributed by atoms with Crippen LogP contribution in [0.1, 0.15) is 49.4 Å². The minimum atomic E-state index is -0.644. The number of nitrogens with zero attached hydrogens (tertiary/aromatic N) is 1. The van der Waals surface area contributed by atoms with Crippen molar-refractivity contribution >= 4 is 33.4 Å². The molecule has 1 aliphatic rings. The third-order valence-corrected chi connectivity index (χ3v) is 5.87. The summed E-state index contributed by atoms with van der Waals surface area (Å²) in [6.07, 6.45) is 5.15. The SMILES string of the molecule is CC(Oc1ccc(Br)cc1)C(=O)Nc1ccc(C(=O)N(C)C2CCCCC2)cc1. The van der Waals surface area contributed by atoms with E-state index in [4.69, 9.17) is 4.74 Å². The van der Waals surface area contributed by atoms with E-state index >= 15 is 0 Å². The highest BCUT2D eigenvalue weighted by atomic mass is 79.9. The van der Waals surface area contributed by atoms with E-state index in [1.165, 1.54) is 19.3 Å². The Morgan fingerprint density at radius 2 is 1.66 bits per heavy atom. The maximum absolute atomic E-state index is 12.7. The number of hydrogen-bond donors (Lipinski definition) is 1.